The fourth-order valence-corrected chi connectivity index (χ4v) is 2.12. The molecule has 15 heavy (non-hydrogen) atoms. The van der Waals surface area contributed by atoms with Gasteiger partial charge in [0.1, 0.15) is 5.54 Å². The Morgan fingerprint density at radius 1 is 1.53 bits per heavy atom. The zero-order valence-corrected chi connectivity index (χ0v) is 8.68. The van der Waals surface area contributed by atoms with Gasteiger partial charge in [-0.2, -0.15) is 0 Å². The van der Waals surface area contributed by atoms with Gasteiger partial charge in [-0.25, -0.2) is 4.79 Å². The van der Waals surface area contributed by atoms with Gasteiger partial charge in [0.05, 0.1) is 0 Å². The number of carboxylic acid groups (broad SMARTS) is 1. The first-order valence-corrected chi connectivity index (χ1v) is 5.06. The van der Waals surface area contributed by atoms with E-state index in [1.54, 1.807) is 19.3 Å². The highest BCUT2D eigenvalue weighted by molar-refractivity contribution is 5.83. The molecule has 1 aliphatic rings. The summed E-state index contributed by atoms with van der Waals surface area (Å²) in [4.78, 5) is 17.1. The number of pyridine rings is 1. The minimum absolute atomic E-state index is 0.699. The van der Waals surface area contributed by atoms with Crippen LogP contribution in [0.15, 0.2) is 24.5 Å². The summed E-state index contributed by atoms with van der Waals surface area (Å²) < 4.78 is 0. The van der Waals surface area contributed by atoms with Crippen molar-refractivity contribution in [2.75, 3.05) is 11.4 Å². The predicted molar refractivity (Wildman–Crippen MR) is 56.9 cm³/mol. The quantitative estimate of drug-likeness (QED) is 0.797. The summed E-state index contributed by atoms with van der Waals surface area (Å²) in [6.45, 7) is 2.58. The molecule has 0 unspecified atom stereocenters. The normalized spacial score (nSPS) is 25.5. The standard InChI is InChI=1S/C11H14N2O2/c1-11(10(14)15)5-2-8-13(11)9-3-6-12-7-4-9/h3-4,6-7H,2,5,8H2,1H3,(H,14,15)/t11-/m0/s1. The zero-order chi connectivity index (χ0) is 10.9. The van der Waals surface area contributed by atoms with E-state index in [0.29, 0.717) is 6.42 Å². The minimum atomic E-state index is -0.763. The number of nitrogens with zero attached hydrogens (tertiary/aromatic N) is 2. The van der Waals surface area contributed by atoms with Gasteiger partial charge in [0.25, 0.3) is 0 Å². The Kier molecular flexibility index (Phi) is 2.34. The molecule has 0 aromatic carbocycles. The minimum Gasteiger partial charge on any atom is -0.480 e. The van der Waals surface area contributed by atoms with Crippen LogP contribution in [0.3, 0.4) is 0 Å². The van der Waals surface area contributed by atoms with Crippen LogP contribution in [0.5, 0.6) is 0 Å². The monoisotopic (exact) mass is 206 g/mol. The highest BCUT2D eigenvalue weighted by Crippen LogP contribution is 2.33. The van der Waals surface area contributed by atoms with Crippen LogP contribution in [0.2, 0.25) is 0 Å². The second-order valence-corrected chi connectivity index (χ2v) is 4.04. The SMILES string of the molecule is C[C@@]1(C(=O)O)CCCN1c1ccncc1. The second-order valence-electron chi connectivity index (χ2n) is 4.04. The first-order valence-electron chi connectivity index (χ1n) is 5.06. The van der Waals surface area contributed by atoms with E-state index in [2.05, 4.69) is 4.98 Å². The molecule has 0 spiro atoms. The Balaban J connectivity index is 2.34. The maximum absolute atomic E-state index is 11.2. The van der Waals surface area contributed by atoms with Crippen LogP contribution in [-0.2, 0) is 4.79 Å². The van der Waals surface area contributed by atoms with Gasteiger partial charge in [-0.1, -0.05) is 0 Å². The second kappa shape index (κ2) is 3.53. The Bertz CT molecular complexity index is 366. The number of rotatable bonds is 2. The van der Waals surface area contributed by atoms with Crippen molar-refractivity contribution >= 4 is 11.7 Å². The van der Waals surface area contributed by atoms with Crippen LogP contribution in [0.4, 0.5) is 5.69 Å². The molecule has 0 bridgehead atoms. The third-order valence-electron chi connectivity index (χ3n) is 3.08. The van der Waals surface area contributed by atoms with Crippen LogP contribution in [0.25, 0.3) is 0 Å². The molecular formula is C11H14N2O2. The lowest BCUT2D eigenvalue weighted by atomic mass is 9.99. The number of hydrogen-bond donors (Lipinski definition) is 1. The van der Waals surface area contributed by atoms with Gasteiger partial charge in [-0.15, -0.1) is 0 Å². The lowest BCUT2D eigenvalue weighted by molar-refractivity contribution is -0.142. The fourth-order valence-electron chi connectivity index (χ4n) is 2.12. The van der Waals surface area contributed by atoms with E-state index in [9.17, 15) is 9.90 Å². The predicted octanol–water partition coefficient (Wildman–Crippen LogP) is 1.53. The molecule has 1 aromatic rings. The summed E-state index contributed by atoms with van der Waals surface area (Å²) in [6.07, 6.45) is 5.00. The molecule has 1 atom stereocenters. The maximum atomic E-state index is 11.2. The molecule has 0 saturated carbocycles. The number of anilines is 1. The maximum Gasteiger partial charge on any atom is 0.329 e. The first kappa shape index (κ1) is 9.96. The van der Waals surface area contributed by atoms with Gasteiger partial charge in [0, 0.05) is 24.6 Å². The molecule has 0 radical (unpaired) electrons. The summed E-state index contributed by atoms with van der Waals surface area (Å²) in [6, 6.07) is 3.71. The molecule has 4 heteroatoms. The van der Waals surface area contributed by atoms with Crippen LogP contribution < -0.4 is 4.90 Å². The molecule has 1 fully saturated rings. The van der Waals surface area contributed by atoms with Gasteiger partial charge >= 0.3 is 5.97 Å². The number of carboxylic acids is 1. The van der Waals surface area contributed by atoms with Gasteiger partial charge in [0.2, 0.25) is 0 Å². The fraction of sp³-hybridized carbons (Fsp3) is 0.455. The van der Waals surface area contributed by atoms with Gasteiger partial charge in [-0.3, -0.25) is 4.98 Å². The van der Waals surface area contributed by atoms with Gasteiger partial charge in [0.15, 0.2) is 0 Å². The van der Waals surface area contributed by atoms with Crippen molar-refractivity contribution in [1.82, 2.24) is 4.98 Å². The van der Waals surface area contributed by atoms with Gasteiger partial charge in [-0.05, 0) is 31.9 Å². The summed E-state index contributed by atoms with van der Waals surface area (Å²) >= 11 is 0. The third kappa shape index (κ3) is 1.56. The largest absolute Gasteiger partial charge is 0.480 e. The van der Waals surface area contributed by atoms with Crippen molar-refractivity contribution < 1.29 is 9.90 Å². The van der Waals surface area contributed by atoms with Crippen molar-refractivity contribution in [3.63, 3.8) is 0 Å². The Morgan fingerprint density at radius 3 is 2.80 bits per heavy atom. The van der Waals surface area contributed by atoms with Crippen molar-refractivity contribution in [3.8, 4) is 0 Å². The van der Waals surface area contributed by atoms with Crippen molar-refractivity contribution in [2.45, 2.75) is 25.3 Å². The van der Waals surface area contributed by atoms with Crippen LogP contribution in [0, 0.1) is 0 Å². The van der Waals surface area contributed by atoms with Gasteiger partial charge < -0.3 is 10.0 Å². The Labute approximate surface area is 88.6 Å². The summed E-state index contributed by atoms with van der Waals surface area (Å²) in [5.41, 5.74) is 0.175. The summed E-state index contributed by atoms with van der Waals surface area (Å²) in [7, 11) is 0. The number of aromatic nitrogens is 1. The van der Waals surface area contributed by atoms with Crippen LogP contribution >= 0.6 is 0 Å². The highest BCUT2D eigenvalue weighted by Gasteiger charge is 2.43. The van der Waals surface area contributed by atoms with E-state index >= 15 is 0 Å². The zero-order valence-electron chi connectivity index (χ0n) is 8.68. The van der Waals surface area contributed by atoms with E-state index < -0.39 is 11.5 Å². The summed E-state index contributed by atoms with van der Waals surface area (Å²) in [5, 5.41) is 9.25. The molecule has 1 aromatic heterocycles. The van der Waals surface area contributed by atoms with E-state index in [4.69, 9.17) is 0 Å². The number of hydrogen-bond acceptors (Lipinski definition) is 3. The summed E-state index contributed by atoms with van der Waals surface area (Å²) in [5.74, 6) is -0.753. The Morgan fingerprint density at radius 2 is 2.20 bits per heavy atom. The third-order valence-corrected chi connectivity index (χ3v) is 3.08. The molecule has 1 aliphatic heterocycles. The molecule has 4 nitrogen and oxygen atoms in total. The van der Waals surface area contributed by atoms with E-state index in [1.165, 1.54) is 0 Å². The highest BCUT2D eigenvalue weighted by atomic mass is 16.4. The molecule has 1 saturated heterocycles. The average Bonchev–Trinajstić information content (AvgIpc) is 2.63. The number of carbonyl (C=O) groups is 1. The van der Waals surface area contributed by atoms with Crippen molar-refractivity contribution in [2.24, 2.45) is 0 Å². The van der Waals surface area contributed by atoms with E-state index in [-0.39, 0.29) is 0 Å². The van der Waals surface area contributed by atoms with Crippen LogP contribution in [-0.4, -0.2) is 28.1 Å². The molecule has 0 amide bonds. The topological polar surface area (TPSA) is 53.4 Å². The average molecular weight is 206 g/mol. The number of aliphatic carboxylic acids is 1. The molecular weight excluding hydrogens is 192 g/mol. The molecule has 2 rings (SSSR count). The van der Waals surface area contributed by atoms with E-state index in [0.717, 1.165) is 18.7 Å². The van der Waals surface area contributed by atoms with Crippen LogP contribution in [0.1, 0.15) is 19.8 Å². The molecule has 2 heterocycles. The molecule has 1 N–H and O–H groups in total. The lowest BCUT2D eigenvalue weighted by Gasteiger charge is -2.32. The van der Waals surface area contributed by atoms with E-state index in [1.807, 2.05) is 17.0 Å². The first-order chi connectivity index (χ1) is 7.14. The molecule has 0 aliphatic carbocycles. The van der Waals surface area contributed by atoms with Crippen molar-refractivity contribution in [3.05, 3.63) is 24.5 Å². The lowest BCUT2D eigenvalue weighted by Crippen LogP contribution is -2.48. The Hall–Kier alpha value is -1.58. The smallest absolute Gasteiger partial charge is 0.329 e. The molecule has 80 valence electrons. The van der Waals surface area contributed by atoms with Crippen molar-refractivity contribution in [1.29, 1.82) is 0 Å².